The minimum atomic E-state index is -4.34. The molecule has 0 amide bonds. The van der Waals surface area contributed by atoms with Crippen LogP contribution in [-0.2, 0) is 10.9 Å². The van der Waals surface area contributed by atoms with Crippen LogP contribution in [0.15, 0.2) is 18.2 Å². The normalized spacial score (nSPS) is 26.5. The zero-order chi connectivity index (χ0) is 16.5. The van der Waals surface area contributed by atoms with Crippen LogP contribution >= 0.6 is 11.6 Å². The lowest BCUT2D eigenvalue weighted by atomic mass is 9.79. The van der Waals surface area contributed by atoms with Crippen molar-refractivity contribution in [1.82, 2.24) is 4.90 Å². The van der Waals surface area contributed by atoms with Crippen molar-refractivity contribution in [3.8, 4) is 0 Å². The Kier molecular flexibility index (Phi) is 5.41. The summed E-state index contributed by atoms with van der Waals surface area (Å²) in [6, 6.07) is 3.77. The van der Waals surface area contributed by atoms with E-state index in [1.165, 1.54) is 12.1 Å². The Hall–Kier alpha value is -0.780. The standard InChI is InChI=1S/C16H21ClF3NO/c1-21(2)14-8-10(4-7-15(14)22-3)12-9-11(16(18,19)20)5-6-13(12)17/h5-6,9-10,14-15H,4,7-8H2,1-3H3/t10-,14-,15-/m0/s1. The minimum absolute atomic E-state index is 0.0219. The summed E-state index contributed by atoms with van der Waals surface area (Å²) in [7, 11) is 5.61. The van der Waals surface area contributed by atoms with Gasteiger partial charge in [-0.25, -0.2) is 0 Å². The number of hydrogen-bond acceptors (Lipinski definition) is 2. The number of halogens is 4. The SMILES string of the molecule is CO[C@H]1CC[C@H](c2cc(C(F)(F)F)ccc2Cl)C[C@@H]1N(C)C. The van der Waals surface area contributed by atoms with E-state index < -0.39 is 11.7 Å². The van der Waals surface area contributed by atoms with Crippen LogP contribution in [0.1, 0.15) is 36.3 Å². The summed E-state index contributed by atoms with van der Waals surface area (Å²) in [5.41, 5.74) is -0.0416. The van der Waals surface area contributed by atoms with E-state index in [0.29, 0.717) is 10.6 Å². The average molecular weight is 336 g/mol. The van der Waals surface area contributed by atoms with Crippen LogP contribution in [0.25, 0.3) is 0 Å². The molecule has 0 unspecified atom stereocenters. The second kappa shape index (κ2) is 6.77. The van der Waals surface area contributed by atoms with Gasteiger partial charge in [-0.3, -0.25) is 0 Å². The predicted octanol–water partition coefficient (Wildman–Crippen LogP) is 4.57. The lowest BCUT2D eigenvalue weighted by Gasteiger charge is -2.39. The largest absolute Gasteiger partial charge is 0.416 e. The van der Waals surface area contributed by atoms with Crippen molar-refractivity contribution in [2.24, 2.45) is 0 Å². The lowest BCUT2D eigenvalue weighted by Crippen LogP contribution is -2.44. The summed E-state index contributed by atoms with van der Waals surface area (Å²) in [6.45, 7) is 0. The quantitative estimate of drug-likeness (QED) is 0.802. The first-order valence-corrected chi connectivity index (χ1v) is 7.67. The van der Waals surface area contributed by atoms with Gasteiger partial charge in [0.1, 0.15) is 0 Å². The van der Waals surface area contributed by atoms with Crippen molar-refractivity contribution >= 4 is 11.6 Å². The molecule has 3 atom stereocenters. The van der Waals surface area contributed by atoms with E-state index in [-0.39, 0.29) is 18.1 Å². The Morgan fingerprint density at radius 2 is 1.91 bits per heavy atom. The second-order valence-corrected chi connectivity index (χ2v) is 6.46. The zero-order valence-corrected chi connectivity index (χ0v) is 13.7. The van der Waals surface area contributed by atoms with Gasteiger partial charge in [0, 0.05) is 18.2 Å². The average Bonchev–Trinajstić information content (AvgIpc) is 2.45. The fourth-order valence-electron chi connectivity index (χ4n) is 3.25. The van der Waals surface area contributed by atoms with Crippen LogP contribution in [0.3, 0.4) is 0 Å². The van der Waals surface area contributed by atoms with Gasteiger partial charge >= 0.3 is 6.18 Å². The van der Waals surface area contributed by atoms with E-state index in [1.54, 1.807) is 7.11 Å². The molecule has 1 fully saturated rings. The molecule has 2 nitrogen and oxygen atoms in total. The Morgan fingerprint density at radius 1 is 1.23 bits per heavy atom. The van der Waals surface area contributed by atoms with Gasteiger partial charge in [0.2, 0.25) is 0 Å². The Morgan fingerprint density at radius 3 is 2.45 bits per heavy atom. The third kappa shape index (κ3) is 3.76. The summed E-state index contributed by atoms with van der Waals surface area (Å²) >= 11 is 6.16. The van der Waals surface area contributed by atoms with Crippen molar-refractivity contribution in [3.63, 3.8) is 0 Å². The lowest BCUT2D eigenvalue weighted by molar-refractivity contribution is -0.137. The molecule has 1 aliphatic rings. The first-order chi connectivity index (χ1) is 10.2. The van der Waals surface area contributed by atoms with Gasteiger partial charge in [0.25, 0.3) is 0 Å². The van der Waals surface area contributed by atoms with E-state index in [9.17, 15) is 13.2 Å². The molecule has 0 aromatic heterocycles. The van der Waals surface area contributed by atoms with Crippen LogP contribution < -0.4 is 0 Å². The van der Waals surface area contributed by atoms with E-state index >= 15 is 0 Å². The molecular weight excluding hydrogens is 315 g/mol. The molecule has 0 aliphatic heterocycles. The van der Waals surface area contributed by atoms with Crippen LogP contribution in [0, 0.1) is 0 Å². The molecule has 124 valence electrons. The van der Waals surface area contributed by atoms with Gasteiger partial charge in [0.15, 0.2) is 0 Å². The van der Waals surface area contributed by atoms with Crippen LogP contribution in [0.5, 0.6) is 0 Å². The van der Waals surface area contributed by atoms with Crippen molar-refractivity contribution in [2.75, 3.05) is 21.2 Å². The van der Waals surface area contributed by atoms with Gasteiger partial charge in [-0.15, -0.1) is 0 Å². The van der Waals surface area contributed by atoms with E-state index in [0.717, 1.165) is 25.3 Å². The van der Waals surface area contributed by atoms with Crippen molar-refractivity contribution in [2.45, 2.75) is 43.5 Å². The topological polar surface area (TPSA) is 12.5 Å². The Bertz CT molecular complexity index is 519. The van der Waals surface area contributed by atoms with Crippen LogP contribution in [0.4, 0.5) is 13.2 Å². The fraction of sp³-hybridized carbons (Fsp3) is 0.625. The zero-order valence-electron chi connectivity index (χ0n) is 13.0. The highest BCUT2D eigenvalue weighted by atomic mass is 35.5. The summed E-state index contributed by atoms with van der Waals surface area (Å²) in [5, 5.41) is 0.409. The van der Waals surface area contributed by atoms with Crippen LogP contribution in [0.2, 0.25) is 5.02 Å². The molecular formula is C16H21ClF3NO. The van der Waals surface area contributed by atoms with Gasteiger partial charge in [0.05, 0.1) is 11.7 Å². The molecule has 0 saturated heterocycles. The van der Waals surface area contributed by atoms with Crippen molar-refractivity contribution in [3.05, 3.63) is 34.3 Å². The number of ether oxygens (including phenoxy) is 1. The molecule has 22 heavy (non-hydrogen) atoms. The number of alkyl halides is 3. The summed E-state index contributed by atoms with van der Waals surface area (Å²) in [6.07, 6.45) is -1.90. The van der Waals surface area contributed by atoms with Gasteiger partial charge in [-0.05, 0) is 63.0 Å². The summed E-state index contributed by atoms with van der Waals surface area (Å²) in [5.74, 6) is 0.0219. The van der Waals surface area contributed by atoms with Gasteiger partial charge < -0.3 is 9.64 Å². The maximum atomic E-state index is 12.9. The number of rotatable bonds is 3. The maximum absolute atomic E-state index is 12.9. The summed E-state index contributed by atoms with van der Waals surface area (Å²) < 4.78 is 44.3. The molecule has 0 bridgehead atoms. The fourth-order valence-corrected chi connectivity index (χ4v) is 3.52. The van der Waals surface area contributed by atoms with Gasteiger partial charge in [-0.2, -0.15) is 13.2 Å². The number of benzene rings is 1. The van der Waals surface area contributed by atoms with Gasteiger partial charge in [-0.1, -0.05) is 11.6 Å². The predicted molar refractivity (Wildman–Crippen MR) is 81.3 cm³/mol. The Labute approximate surface area is 134 Å². The molecule has 6 heteroatoms. The highest BCUT2D eigenvalue weighted by Gasteiger charge is 2.35. The van der Waals surface area contributed by atoms with Crippen LogP contribution in [-0.4, -0.2) is 38.3 Å². The highest BCUT2D eigenvalue weighted by molar-refractivity contribution is 6.31. The molecule has 0 radical (unpaired) electrons. The third-order valence-electron chi connectivity index (χ3n) is 4.48. The number of hydrogen-bond donors (Lipinski definition) is 0. The number of likely N-dealkylation sites (N-methyl/N-ethyl adjacent to an activating group) is 1. The van der Waals surface area contributed by atoms with E-state index in [2.05, 4.69) is 4.90 Å². The third-order valence-corrected chi connectivity index (χ3v) is 4.83. The molecule has 1 saturated carbocycles. The second-order valence-electron chi connectivity index (χ2n) is 6.05. The number of nitrogens with zero attached hydrogens (tertiary/aromatic N) is 1. The highest BCUT2D eigenvalue weighted by Crippen LogP contribution is 2.41. The monoisotopic (exact) mass is 335 g/mol. The first kappa shape index (κ1) is 17.6. The van der Waals surface area contributed by atoms with E-state index in [1.807, 2.05) is 14.1 Å². The maximum Gasteiger partial charge on any atom is 0.416 e. The van der Waals surface area contributed by atoms with Crippen molar-refractivity contribution in [1.29, 1.82) is 0 Å². The summed E-state index contributed by atoms with van der Waals surface area (Å²) in [4.78, 5) is 2.07. The molecule has 1 aliphatic carbocycles. The molecule has 2 rings (SSSR count). The molecule has 0 N–H and O–H groups in total. The Balaban J connectivity index is 2.28. The molecule has 0 heterocycles. The van der Waals surface area contributed by atoms with Crippen molar-refractivity contribution < 1.29 is 17.9 Å². The molecule has 1 aromatic rings. The minimum Gasteiger partial charge on any atom is -0.380 e. The smallest absolute Gasteiger partial charge is 0.380 e. The number of methoxy groups -OCH3 is 1. The first-order valence-electron chi connectivity index (χ1n) is 7.30. The molecule has 0 spiro atoms. The van der Waals surface area contributed by atoms with E-state index in [4.69, 9.17) is 16.3 Å². The molecule has 1 aromatic carbocycles.